The van der Waals surface area contributed by atoms with Gasteiger partial charge in [-0.15, -0.1) is 0 Å². The number of nitrogens with one attached hydrogen (secondary N) is 1. The van der Waals surface area contributed by atoms with Crippen LogP contribution in [0.2, 0.25) is 0 Å². The van der Waals surface area contributed by atoms with Gasteiger partial charge < -0.3 is 10.1 Å². The summed E-state index contributed by atoms with van der Waals surface area (Å²) in [5, 5.41) is 5.32. The van der Waals surface area contributed by atoms with Crippen LogP contribution < -0.4 is 10.1 Å². The Kier molecular flexibility index (Phi) is 5.39. The van der Waals surface area contributed by atoms with Gasteiger partial charge >= 0.3 is 0 Å². The summed E-state index contributed by atoms with van der Waals surface area (Å²) >= 11 is 1.56. The van der Waals surface area contributed by atoms with Gasteiger partial charge in [0.2, 0.25) is 5.91 Å². The fourth-order valence-electron chi connectivity index (χ4n) is 3.10. The van der Waals surface area contributed by atoms with E-state index in [0.29, 0.717) is 11.8 Å². The Morgan fingerprint density at radius 1 is 1.30 bits per heavy atom. The molecule has 1 heterocycles. The molecule has 1 aliphatic carbocycles. The first-order valence-electron chi connectivity index (χ1n) is 8.04. The third-order valence-electron chi connectivity index (χ3n) is 4.25. The number of benzene rings is 1. The zero-order valence-electron chi connectivity index (χ0n) is 13.3. The second kappa shape index (κ2) is 7.68. The van der Waals surface area contributed by atoms with Crippen LogP contribution in [0.4, 0.5) is 0 Å². The molecule has 23 heavy (non-hydrogen) atoms. The van der Waals surface area contributed by atoms with Crippen LogP contribution in [0.5, 0.6) is 5.75 Å². The first-order valence-corrected chi connectivity index (χ1v) is 9.43. The summed E-state index contributed by atoms with van der Waals surface area (Å²) in [5.74, 6) is 1.61. The van der Waals surface area contributed by atoms with Gasteiger partial charge in [-0.05, 0) is 44.1 Å². The van der Waals surface area contributed by atoms with E-state index < -0.39 is 0 Å². The van der Waals surface area contributed by atoms with E-state index in [-0.39, 0.29) is 12.0 Å². The predicted molar refractivity (Wildman–Crippen MR) is 94.9 cm³/mol. The monoisotopic (exact) mass is 330 g/mol. The highest BCUT2D eigenvalue weighted by atomic mass is 32.2. The van der Waals surface area contributed by atoms with Crippen molar-refractivity contribution in [1.82, 2.24) is 10.3 Å². The molecule has 0 spiro atoms. The molecule has 3 rings (SSSR count). The number of hydrogen-bond acceptors (Lipinski definition) is 4. The van der Waals surface area contributed by atoms with Gasteiger partial charge in [0.15, 0.2) is 0 Å². The summed E-state index contributed by atoms with van der Waals surface area (Å²) < 4.78 is 6.22. The normalized spacial score (nSPS) is 21.1. The van der Waals surface area contributed by atoms with Gasteiger partial charge in [0.1, 0.15) is 5.75 Å². The minimum Gasteiger partial charge on any atom is -0.490 e. The molecular formula is C18H22N2O2S. The maximum absolute atomic E-state index is 11.7. The number of rotatable bonds is 5. The molecule has 1 amide bonds. The van der Waals surface area contributed by atoms with E-state index in [1.165, 1.54) is 0 Å². The van der Waals surface area contributed by atoms with Crippen molar-refractivity contribution < 1.29 is 9.53 Å². The molecule has 1 aliphatic rings. The molecule has 4 nitrogen and oxygen atoms in total. The number of carbonyl (C=O) groups excluding carboxylic acids is 1. The number of thioether (sulfide) groups is 1. The topological polar surface area (TPSA) is 51.2 Å². The van der Waals surface area contributed by atoms with E-state index in [0.717, 1.165) is 42.2 Å². The molecule has 0 unspecified atom stereocenters. The maximum atomic E-state index is 11.7. The minimum absolute atomic E-state index is 0.142. The lowest BCUT2D eigenvalue weighted by Gasteiger charge is -2.29. The molecule has 1 aromatic carbocycles. The summed E-state index contributed by atoms with van der Waals surface area (Å²) in [4.78, 5) is 15.8. The van der Waals surface area contributed by atoms with Gasteiger partial charge in [0.05, 0.1) is 11.9 Å². The van der Waals surface area contributed by atoms with E-state index in [4.69, 9.17) is 4.74 Å². The second-order valence-corrected chi connectivity index (χ2v) is 6.81. The average molecular weight is 330 g/mol. The first-order chi connectivity index (χ1) is 11.3. The summed E-state index contributed by atoms with van der Waals surface area (Å²) in [5.41, 5.74) is 0. The molecule has 0 radical (unpaired) electrons. The highest BCUT2D eigenvalue weighted by Crippen LogP contribution is 2.29. The van der Waals surface area contributed by atoms with Crippen molar-refractivity contribution >= 4 is 28.4 Å². The zero-order chi connectivity index (χ0) is 16.1. The van der Waals surface area contributed by atoms with Gasteiger partial charge in [0, 0.05) is 29.2 Å². The highest BCUT2D eigenvalue weighted by Gasteiger charge is 2.23. The maximum Gasteiger partial charge on any atom is 0.230 e. The van der Waals surface area contributed by atoms with E-state index in [9.17, 15) is 4.79 Å². The Balaban J connectivity index is 1.57. The highest BCUT2D eigenvalue weighted by molar-refractivity contribution is 7.99. The molecule has 0 atom stereocenters. The largest absolute Gasteiger partial charge is 0.490 e. The van der Waals surface area contributed by atoms with Crippen LogP contribution in [-0.4, -0.2) is 35.0 Å². The summed E-state index contributed by atoms with van der Waals surface area (Å²) in [6.07, 6.45) is 9.76. The van der Waals surface area contributed by atoms with E-state index >= 15 is 0 Å². The Morgan fingerprint density at radius 3 is 2.91 bits per heavy atom. The summed E-state index contributed by atoms with van der Waals surface area (Å²) in [6, 6.07) is 8.38. The molecule has 1 N–H and O–H groups in total. The van der Waals surface area contributed by atoms with E-state index in [1.807, 2.05) is 36.7 Å². The number of aromatic nitrogens is 1. The van der Waals surface area contributed by atoms with Gasteiger partial charge in [-0.2, -0.15) is 11.8 Å². The molecule has 1 aromatic heterocycles. The molecule has 0 saturated heterocycles. The van der Waals surface area contributed by atoms with Gasteiger partial charge in [0.25, 0.3) is 0 Å². The number of carbonyl (C=O) groups is 1. The number of fused-ring (bicyclic) bond motifs is 1. The molecular weight excluding hydrogens is 308 g/mol. The SMILES string of the molecule is CSCC(=O)NC1CCC(Oc2cccc3cnccc23)CC1. The van der Waals surface area contributed by atoms with Crippen molar-refractivity contribution in [2.45, 2.75) is 37.8 Å². The van der Waals surface area contributed by atoms with Crippen molar-refractivity contribution in [3.05, 3.63) is 36.7 Å². The molecule has 122 valence electrons. The Labute approximate surface area is 141 Å². The Morgan fingerprint density at radius 2 is 2.13 bits per heavy atom. The van der Waals surface area contributed by atoms with E-state index in [2.05, 4.69) is 10.3 Å². The Hall–Kier alpha value is -1.75. The van der Waals surface area contributed by atoms with Crippen LogP contribution in [0.3, 0.4) is 0 Å². The van der Waals surface area contributed by atoms with Gasteiger partial charge in [-0.1, -0.05) is 12.1 Å². The van der Waals surface area contributed by atoms with E-state index in [1.54, 1.807) is 18.0 Å². The smallest absolute Gasteiger partial charge is 0.230 e. The third kappa shape index (κ3) is 4.16. The lowest BCUT2D eigenvalue weighted by Crippen LogP contribution is -2.40. The molecule has 0 aliphatic heterocycles. The number of amides is 1. The number of nitrogens with zero attached hydrogens (tertiary/aromatic N) is 1. The summed E-state index contributed by atoms with van der Waals surface area (Å²) in [7, 11) is 0. The number of hydrogen-bond donors (Lipinski definition) is 1. The van der Waals surface area contributed by atoms with Crippen LogP contribution >= 0.6 is 11.8 Å². The predicted octanol–water partition coefficient (Wildman–Crippen LogP) is 3.40. The first kappa shape index (κ1) is 16.1. The standard InChI is InChI=1S/C18H22N2O2S/c1-23-12-18(21)20-14-5-7-15(8-6-14)22-17-4-2-3-13-11-19-10-9-16(13)17/h2-4,9-11,14-15H,5-8,12H2,1H3,(H,20,21). The molecule has 0 bridgehead atoms. The van der Waals surface area contributed by atoms with Crippen molar-refractivity contribution in [2.24, 2.45) is 0 Å². The van der Waals surface area contributed by atoms with Crippen molar-refractivity contribution in [1.29, 1.82) is 0 Å². The summed E-state index contributed by atoms with van der Waals surface area (Å²) in [6.45, 7) is 0. The molecule has 1 saturated carbocycles. The lowest BCUT2D eigenvalue weighted by molar-refractivity contribution is -0.119. The number of pyridine rings is 1. The molecule has 5 heteroatoms. The van der Waals surface area contributed by atoms with Crippen LogP contribution in [0.15, 0.2) is 36.7 Å². The number of ether oxygens (including phenoxy) is 1. The van der Waals surface area contributed by atoms with Gasteiger partial charge in [-0.25, -0.2) is 0 Å². The molecule has 2 aromatic rings. The fourth-order valence-corrected chi connectivity index (χ4v) is 3.45. The van der Waals surface area contributed by atoms with Crippen LogP contribution in [0.25, 0.3) is 10.8 Å². The van der Waals surface area contributed by atoms with Crippen LogP contribution in [0.1, 0.15) is 25.7 Å². The van der Waals surface area contributed by atoms with Crippen molar-refractivity contribution in [2.75, 3.05) is 12.0 Å². The van der Waals surface area contributed by atoms with Crippen LogP contribution in [-0.2, 0) is 4.79 Å². The fraction of sp³-hybridized carbons (Fsp3) is 0.444. The minimum atomic E-state index is 0.142. The van der Waals surface area contributed by atoms with Crippen molar-refractivity contribution in [3.63, 3.8) is 0 Å². The quantitative estimate of drug-likeness (QED) is 0.913. The lowest BCUT2D eigenvalue weighted by atomic mass is 9.93. The van der Waals surface area contributed by atoms with Gasteiger partial charge in [-0.3, -0.25) is 9.78 Å². The Bertz CT molecular complexity index is 664. The zero-order valence-corrected chi connectivity index (χ0v) is 14.1. The second-order valence-electron chi connectivity index (χ2n) is 5.94. The molecule has 1 fully saturated rings. The average Bonchev–Trinajstić information content (AvgIpc) is 2.57. The third-order valence-corrected chi connectivity index (χ3v) is 4.80. The van der Waals surface area contributed by atoms with Crippen LogP contribution in [0, 0.1) is 0 Å². The van der Waals surface area contributed by atoms with Crippen molar-refractivity contribution in [3.8, 4) is 5.75 Å².